The third-order valence-electron chi connectivity index (χ3n) is 4.31. The number of carbonyl (C=O) groups is 1. The summed E-state index contributed by atoms with van der Waals surface area (Å²) in [7, 11) is 0. The van der Waals surface area contributed by atoms with Crippen LogP contribution in [0.1, 0.15) is 39.5 Å². The molecule has 0 bridgehead atoms. The Morgan fingerprint density at radius 1 is 0.880 bits per heavy atom. The Balaban J connectivity index is 1.83. The van der Waals surface area contributed by atoms with Gasteiger partial charge in [-0.05, 0) is 36.1 Å². The van der Waals surface area contributed by atoms with E-state index >= 15 is 0 Å². The molecule has 0 radical (unpaired) electrons. The van der Waals surface area contributed by atoms with Crippen LogP contribution in [0.2, 0.25) is 0 Å². The van der Waals surface area contributed by atoms with Crippen molar-refractivity contribution in [2.24, 2.45) is 0 Å². The van der Waals surface area contributed by atoms with E-state index in [9.17, 15) is 9.59 Å². The first kappa shape index (κ1) is 16.7. The molecule has 2 N–H and O–H groups in total. The Labute approximate surface area is 145 Å². The molecule has 0 amide bonds. The van der Waals surface area contributed by atoms with Crippen LogP contribution in [0.3, 0.4) is 0 Å². The average molecular weight is 333 g/mol. The van der Waals surface area contributed by atoms with E-state index in [4.69, 9.17) is 5.11 Å². The number of aryl methyl sites for hydroxylation is 1. The highest BCUT2D eigenvalue weighted by Crippen LogP contribution is 2.28. The monoisotopic (exact) mass is 333 g/mol. The molecule has 0 saturated heterocycles. The smallest absolute Gasteiger partial charge is 0.341 e. The maximum atomic E-state index is 11.8. The lowest BCUT2D eigenvalue weighted by atomic mass is 9.87. The molecule has 1 aromatic heterocycles. The first-order chi connectivity index (χ1) is 12.1. The topological polar surface area (TPSA) is 70.2 Å². The number of carboxylic acids is 1. The molecule has 0 aliphatic rings. The van der Waals surface area contributed by atoms with Crippen LogP contribution in [0.25, 0.3) is 0 Å². The molecule has 25 heavy (non-hydrogen) atoms. The summed E-state index contributed by atoms with van der Waals surface area (Å²) in [5.74, 6) is -0.996. The molecule has 0 aliphatic heterocycles. The molecule has 3 rings (SSSR count). The molecule has 4 heteroatoms. The van der Waals surface area contributed by atoms with E-state index in [0.717, 1.165) is 12.1 Å². The van der Waals surface area contributed by atoms with Gasteiger partial charge in [0.1, 0.15) is 5.56 Å². The minimum atomic E-state index is -1.21. The summed E-state index contributed by atoms with van der Waals surface area (Å²) < 4.78 is 0. The largest absolute Gasteiger partial charge is 0.477 e. The van der Waals surface area contributed by atoms with Crippen molar-refractivity contribution in [1.29, 1.82) is 0 Å². The van der Waals surface area contributed by atoms with Gasteiger partial charge in [0.25, 0.3) is 5.56 Å². The van der Waals surface area contributed by atoms with Crippen LogP contribution in [-0.2, 0) is 6.42 Å². The number of aromatic amines is 1. The normalized spacial score (nSPS) is 10.8. The first-order valence-corrected chi connectivity index (χ1v) is 8.20. The van der Waals surface area contributed by atoms with Gasteiger partial charge < -0.3 is 10.1 Å². The van der Waals surface area contributed by atoms with Crippen molar-refractivity contribution >= 4 is 5.97 Å². The molecular formula is C21H19NO3. The number of rotatable bonds is 6. The Morgan fingerprint density at radius 2 is 1.44 bits per heavy atom. The summed E-state index contributed by atoms with van der Waals surface area (Å²) in [5.41, 5.74) is 2.40. The van der Waals surface area contributed by atoms with Crippen LogP contribution in [0.15, 0.2) is 77.6 Å². The Kier molecular flexibility index (Phi) is 5.09. The fraction of sp³-hybridized carbons (Fsp3) is 0.143. The van der Waals surface area contributed by atoms with Gasteiger partial charge in [-0.3, -0.25) is 4.79 Å². The molecule has 0 atom stereocenters. The van der Waals surface area contributed by atoms with Crippen LogP contribution in [-0.4, -0.2) is 16.1 Å². The molecule has 0 spiro atoms. The van der Waals surface area contributed by atoms with E-state index < -0.39 is 11.5 Å². The first-order valence-electron chi connectivity index (χ1n) is 8.20. The van der Waals surface area contributed by atoms with Crippen molar-refractivity contribution in [1.82, 2.24) is 4.98 Å². The fourth-order valence-electron chi connectivity index (χ4n) is 3.02. The predicted octanol–water partition coefficient (Wildman–Crippen LogP) is 3.84. The predicted molar refractivity (Wildman–Crippen MR) is 97.1 cm³/mol. The molecule has 0 saturated carbocycles. The zero-order valence-electron chi connectivity index (χ0n) is 13.7. The number of aromatic carboxylic acids is 1. The zero-order chi connectivity index (χ0) is 17.6. The maximum Gasteiger partial charge on any atom is 0.341 e. The second-order valence-electron chi connectivity index (χ2n) is 5.94. The summed E-state index contributed by atoms with van der Waals surface area (Å²) >= 11 is 0. The SMILES string of the molecule is O=C(O)c1ccc(CCC(c2ccccc2)c2ccccc2)[nH]c1=O. The van der Waals surface area contributed by atoms with Crippen LogP contribution < -0.4 is 5.56 Å². The second-order valence-corrected chi connectivity index (χ2v) is 5.94. The van der Waals surface area contributed by atoms with Gasteiger partial charge in [-0.2, -0.15) is 0 Å². The third-order valence-corrected chi connectivity index (χ3v) is 4.31. The van der Waals surface area contributed by atoms with Crippen molar-refractivity contribution < 1.29 is 9.90 Å². The number of aromatic nitrogens is 1. The Morgan fingerprint density at radius 3 is 1.92 bits per heavy atom. The van der Waals surface area contributed by atoms with E-state index in [1.54, 1.807) is 6.07 Å². The van der Waals surface area contributed by atoms with Gasteiger partial charge in [0, 0.05) is 11.6 Å². The minimum absolute atomic E-state index is 0.213. The number of benzene rings is 2. The maximum absolute atomic E-state index is 11.8. The standard InChI is InChI=1S/C21H19NO3/c23-20-19(21(24)25)14-12-17(22-20)11-13-18(15-7-3-1-4-8-15)16-9-5-2-6-10-16/h1-10,12,14,18H,11,13H2,(H,22,23)(H,24,25). The Hall–Kier alpha value is -3.14. The fourth-order valence-corrected chi connectivity index (χ4v) is 3.02. The molecule has 3 aromatic rings. The quantitative estimate of drug-likeness (QED) is 0.720. The van der Waals surface area contributed by atoms with Crippen LogP contribution in [0.5, 0.6) is 0 Å². The van der Waals surface area contributed by atoms with Crippen LogP contribution in [0, 0.1) is 0 Å². The van der Waals surface area contributed by atoms with E-state index in [1.165, 1.54) is 17.2 Å². The lowest BCUT2D eigenvalue weighted by Gasteiger charge is -2.18. The van der Waals surface area contributed by atoms with Gasteiger partial charge in [0.05, 0.1) is 0 Å². The van der Waals surface area contributed by atoms with Crippen LogP contribution in [0.4, 0.5) is 0 Å². The summed E-state index contributed by atoms with van der Waals surface area (Å²) in [6, 6.07) is 23.5. The van der Waals surface area contributed by atoms with Gasteiger partial charge in [-0.25, -0.2) is 4.79 Å². The van der Waals surface area contributed by atoms with Crippen LogP contribution >= 0.6 is 0 Å². The molecule has 126 valence electrons. The number of hydrogen-bond acceptors (Lipinski definition) is 2. The van der Waals surface area contributed by atoms with Crippen molar-refractivity contribution in [3.8, 4) is 0 Å². The molecule has 1 heterocycles. The second kappa shape index (κ2) is 7.62. The average Bonchev–Trinajstić information content (AvgIpc) is 2.63. The van der Waals surface area contributed by atoms with E-state index in [1.807, 2.05) is 36.4 Å². The lowest BCUT2D eigenvalue weighted by molar-refractivity contribution is 0.0695. The molecule has 2 aromatic carbocycles. The number of carboxylic acid groups (broad SMARTS) is 1. The number of pyridine rings is 1. The molecule has 4 nitrogen and oxygen atoms in total. The lowest BCUT2D eigenvalue weighted by Crippen LogP contribution is -2.18. The van der Waals surface area contributed by atoms with Crippen molar-refractivity contribution in [2.75, 3.05) is 0 Å². The van der Waals surface area contributed by atoms with Gasteiger partial charge >= 0.3 is 5.97 Å². The van der Waals surface area contributed by atoms with Gasteiger partial charge in [0.15, 0.2) is 0 Å². The highest BCUT2D eigenvalue weighted by atomic mass is 16.4. The van der Waals surface area contributed by atoms with Gasteiger partial charge in [-0.15, -0.1) is 0 Å². The highest BCUT2D eigenvalue weighted by Gasteiger charge is 2.15. The number of nitrogens with one attached hydrogen (secondary N) is 1. The Bertz CT molecular complexity index is 862. The molecular weight excluding hydrogens is 314 g/mol. The van der Waals surface area contributed by atoms with Crippen molar-refractivity contribution in [2.45, 2.75) is 18.8 Å². The highest BCUT2D eigenvalue weighted by molar-refractivity contribution is 5.86. The number of hydrogen-bond donors (Lipinski definition) is 2. The van der Waals surface area contributed by atoms with Crippen molar-refractivity contribution in [3.05, 3.63) is 106 Å². The van der Waals surface area contributed by atoms with Gasteiger partial charge in [0.2, 0.25) is 0 Å². The van der Waals surface area contributed by atoms with Gasteiger partial charge in [-0.1, -0.05) is 60.7 Å². The van der Waals surface area contributed by atoms with E-state index in [0.29, 0.717) is 6.42 Å². The summed E-state index contributed by atoms with van der Waals surface area (Å²) in [6.07, 6.45) is 1.47. The zero-order valence-corrected chi connectivity index (χ0v) is 13.7. The van der Waals surface area contributed by atoms with E-state index in [-0.39, 0.29) is 11.5 Å². The molecule has 0 unspecified atom stereocenters. The molecule has 0 aliphatic carbocycles. The molecule has 0 fully saturated rings. The third kappa shape index (κ3) is 4.04. The summed E-state index contributed by atoms with van der Waals surface area (Å²) in [5, 5.41) is 8.95. The summed E-state index contributed by atoms with van der Waals surface area (Å²) in [4.78, 5) is 25.5. The summed E-state index contributed by atoms with van der Waals surface area (Å²) in [6.45, 7) is 0. The van der Waals surface area contributed by atoms with E-state index in [2.05, 4.69) is 29.2 Å². The minimum Gasteiger partial charge on any atom is -0.477 e. The van der Waals surface area contributed by atoms with Crippen molar-refractivity contribution in [3.63, 3.8) is 0 Å². The number of H-pyrrole nitrogens is 1.